The summed E-state index contributed by atoms with van der Waals surface area (Å²) in [6.07, 6.45) is 1.30. The van der Waals surface area contributed by atoms with Crippen molar-refractivity contribution in [1.82, 2.24) is 10.2 Å². The van der Waals surface area contributed by atoms with Gasteiger partial charge in [-0.15, -0.1) is 0 Å². The first-order valence-electron chi connectivity index (χ1n) is 10.2. The van der Waals surface area contributed by atoms with E-state index >= 15 is 0 Å². The van der Waals surface area contributed by atoms with Gasteiger partial charge in [0.2, 0.25) is 0 Å². The molecule has 7 heteroatoms. The minimum atomic E-state index is -0.457. The monoisotopic (exact) mass is 426 g/mol. The lowest BCUT2D eigenvalue weighted by atomic mass is 10.0. The zero-order valence-corrected chi connectivity index (χ0v) is 17.7. The maximum absolute atomic E-state index is 13.6. The van der Waals surface area contributed by atoms with Crippen LogP contribution in [-0.2, 0) is 0 Å². The van der Waals surface area contributed by atoms with Crippen LogP contribution >= 0.6 is 0 Å². The van der Waals surface area contributed by atoms with Gasteiger partial charge in [0.1, 0.15) is 17.7 Å². The van der Waals surface area contributed by atoms with Crippen molar-refractivity contribution < 1.29 is 14.3 Å². The molecular weight excluding hydrogens is 404 g/mol. The Kier molecular flexibility index (Phi) is 4.99. The van der Waals surface area contributed by atoms with Gasteiger partial charge in [0.15, 0.2) is 0 Å². The molecule has 3 aromatic carbocycles. The molecule has 0 unspecified atom stereocenters. The molecule has 5 rings (SSSR count). The number of nitrogens with one attached hydrogen (secondary N) is 2. The Bertz CT molecular complexity index is 1250. The van der Waals surface area contributed by atoms with E-state index in [1.807, 2.05) is 72.8 Å². The highest BCUT2D eigenvalue weighted by Crippen LogP contribution is 2.39. The number of ether oxygens (including phenoxy) is 2. The van der Waals surface area contributed by atoms with Gasteiger partial charge in [-0.3, -0.25) is 14.8 Å². The molecule has 2 heterocycles. The first kappa shape index (κ1) is 19.7. The number of benzene rings is 3. The molecule has 1 atom stereocenters. The van der Waals surface area contributed by atoms with Crippen LogP contribution < -0.4 is 19.7 Å². The third kappa shape index (κ3) is 3.33. The van der Waals surface area contributed by atoms with E-state index in [9.17, 15) is 4.79 Å². The molecule has 0 aliphatic carbocycles. The van der Waals surface area contributed by atoms with Crippen molar-refractivity contribution in [3.63, 3.8) is 0 Å². The maximum Gasteiger partial charge on any atom is 0.262 e. The number of para-hydroxylation sites is 1. The van der Waals surface area contributed by atoms with E-state index in [-0.39, 0.29) is 5.91 Å². The number of H-pyrrole nitrogens is 1. The van der Waals surface area contributed by atoms with E-state index in [2.05, 4.69) is 15.5 Å². The minimum Gasteiger partial charge on any atom is -0.497 e. The lowest BCUT2D eigenvalue weighted by molar-refractivity contribution is 0.0975. The van der Waals surface area contributed by atoms with Crippen LogP contribution in [0.15, 0.2) is 79.0 Å². The average Bonchev–Trinajstić information content (AvgIpc) is 3.34. The lowest BCUT2D eigenvalue weighted by Gasteiger charge is -2.38. The summed E-state index contributed by atoms with van der Waals surface area (Å²) in [5.41, 5.74) is 4.79. The number of amides is 1. The quantitative estimate of drug-likeness (QED) is 0.476. The average molecular weight is 426 g/mol. The fourth-order valence-corrected chi connectivity index (χ4v) is 3.97. The van der Waals surface area contributed by atoms with Crippen molar-refractivity contribution >= 4 is 17.3 Å². The fourth-order valence-electron chi connectivity index (χ4n) is 3.97. The van der Waals surface area contributed by atoms with Gasteiger partial charge in [0, 0.05) is 22.5 Å². The summed E-state index contributed by atoms with van der Waals surface area (Å²) in [6, 6.07) is 22.7. The Morgan fingerprint density at radius 1 is 0.875 bits per heavy atom. The molecule has 0 bridgehead atoms. The van der Waals surface area contributed by atoms with Crippen LogP contribution in [0.3, 0.4) is 0 Å². The number of carbonyl (C=O) groups excluding carboxylic acids is 1. The van der Waals surface area contributed by atoms with Gasteiger partial charge in [0.25, 0.3) is 5.91 Å². The van der Waals surface area contributed by atoms with Crippen LogP contribution in [0.2, 0.25) is 0 Å². The third-order valence-corrected chi connectivity index (χ3v) is 5.62. The van der Waals surface area contributed by atoms with Crippen molar-refractivity contribution in [2.75, 3.05) is 24.4 Å². The number of aromatic nitrogens is 2. The summed E-state index contributed by atoms with van der Waals surface area (Å²) in [7, 11) is 3.26. The molecule has 0 radical (unpaired) electrons. The first-order valence-corrected chi connectivity index (χ1v) is 10.2. The summed E-state index contributed by atoms with van der Waals surface area (Å²) < 4.78 is 10.6. The van der Waals surface area contributed by atoms with Crippen LogP contribution in [-0.4, -0.2) is 30.3 Å². The summed E-state index contributed by atoms with van der Waals surface area (Å²) in [6.45, 7) is 0. The summed E-state index contributed by atoms with van der Waals surface area (Å²) >= 11 is 0. The van der Waals surface area contributed by atoms with Gasteiger partial charge >= 0.3 is 0 Å². The number of anilines is 2. The highest BCUT2D eigenvalue weighted by Gasteiger charge is 2.36. The number of methoxy groups -OCH3 is 2. The molecular formula is C25H22N4O3. The van der Waals surface area contributed by atoms with E-state index in [1.54, 1.807) is 25.3 Å². The molecule has 7 nitrogen and oxygen atoms in total. The zero-order chi connectivity index (χ0) is 22.1. The molecule has 2 N–H and O–H groups in total. The van der Waals surface area contributed by atoms with Crippen molar-refractivity contribution in [3.8, 4) is 22.8 Å². The van der Waals surface area contributed by atoms with E-state index in [0.717, 1.165) is 39.7 Å². The smallest absolute Gasteiger partial charge is 0.262 e. The Labute approximate surface area is 185 Å². The van der Waals surface area contributed by atoms with Crippen molar-refractivity contribution in [3.05, 3.63) is 90.1 Å². The van der Waals surface area contributed by atoms with Gasteiger partial charge < -0.3 is 14.8 Å². The topological polar surface area (TPSA) is 79.5 Å². The highest BCUT2D eigenvalue weighted by atomic mass is 16.5. The Morgan fingerprint density at radius 2 is 1.53 bits per heavy atom. The van der Waals surface area contributed by atoms with Gasteiger partial charge in [-0.2, -0.15) is 5.10 Å². The molecule has 1 amide bonds. The predicted molar refractivity (Wildman–Crippen MR) is 123 cm³/mol. The number of carbonyl (C=O) groups is 1. The molecule has 160 valence electrons. The Balaban J connectivity index is 1.62. The van der Waals surface area contributed by atoms with Gasteiger partial charge in [0.05, 0.1) is 31.7 Å². The summed E-state index contributed by atoms with van der Waals surface area (Å²) in [4.78, 5) is 15.4. The molecule has 0 spiro atoms. The van der Waals surface area contributed by atoms with Crippen molar-refractivity contribution in [2.24, 2.45) is 0 Å². The SMILES string of the molecule is COc1ccc(-c2[nH]ncc2[C@@H]2Nc3ccccc3C(=O)N2c2ccc(OC)cc2)cc1. The van der Waals surface area contributed by atoms with Crippen molar-refractivity contribution in [1.29, 1.82) is 0 Å². The molecule has 4 aromatic rings. The van der Waals surface area contributed by atoms with E-state index in [0.29, 0.717) is 5.56 Å². The Hall–Kier alpha value is -4.26. The van der Waals surface area contributed by atoms with Crippen LogP contribution in [0.5, 0.6) is 11.5 Å². The van der Waals surface area contributed by atoms with Gasteiger partial charge in [-0.1, -0.05) is 12.1 Å². The number of aromatic amines is 1. The first-order chi connectivity index (χ1) is 15.7. The number of nitrogens with zero attached hydrogens (tertiary/aromatic N) is 2. The predicted octanol–water partition coefficient (Wildman–Crippen LogP) is 4.87. The maximum atomic E-state index is 13.6. The van der Waals surface area contributed by atoms with E-state index in [4.69, 9.17) is 9.47 Å². The van der Waals surface area contributed by atoms with Crippen LogP contribution in [0.4, 0.5) is 11.4 Å². The zero-order valence-electron chi connectivity index (χ0n) is 17.7. The molecule has 0 saturated carbocycles. The van der Waals surface area contributed by atoms with Gasteiger partial charge in [-0.25, -0.2) is 0 Å². The van der Waals surface area contributed by atoms with Crippen LogP contribution in [0.25, 0.3) is 11.3 Å². The normalized spacial score (nSPS) is 15.1. The lowest BCUT2D eigenvalue weighted by Crippen LogP contribution is -2.43. The number of hydrogen-bond acceptors (Lipinski definition) is 5. The largest absolute Gasteiger partial charge is 0.497 e. The third-order valence-electron chi connectivity index (χ3n) is 5.62. The number of hydrogen-bond donors (Lipinski definition) is 2. The minimum absolute atomic E-state index is 0.0867. The number of rotatable bonds is 5. The molecule has 1 aliphatic rings. The molecule has 32 heavy (non-hydrogen) atoms. The molecule has 1 aliphatic heterocycles. The van der Waals surface area contributed by atoms with Crippen molar-refractivity contribution in [2.45, 2.75) is 6.17 Å². The van der Waals surface area contributed by atoms with E-state index in [1.165, 1.54) is 0 Å². The summed E-state index contributed by atoms with van der Waals surface area (Å²) in [5, 5.41) is 10.9. The van der Waals surface area contributed by atoms with Crippen LogP contribution in [0, 0.1) is 0 Å². The Morgan fingerprint density at radius 3 is 2.22 bits per heavy atom. The second kappa shape index (κ2) is 8.11. The highest BCUT2D eigenvalue weighted by molar-refractivity contribution is 6.12. The van der Waals surface area contributed by atoms with E-state index < -0.39 is 6.17 Å². The standard InChI is InChI=1S/C25H22N4O3/c1-31-18-11-7-16(8-12-18)23-21(15-26-28-23)24-27-22-6-4-3-5-20(22)25(30)29(24)17-9-13-19(32-2)14-10-17/h3-15,24,27H,1-2H3,(H,26,28)/t24-/m1/s1. The molecule has 0 saturated heterocycles. The number of fused-ring (bicyclic) bond motifs is 1. The van der Waals surface area contributed by atoms with Gasteiger partial charge in [-0.05, 0) is 60.7 Å². The fraction of sp³-hybridized carbons (Fsp3) is 0.120. The van der Waals surface area contributed by atoms with Crippen LogP contribution in [0.1, 0.15) is 22.1 Å². The molecule has 0 fully saturated rings. The second-order valence-corrected chi connectivity index (χ2v) is 7.39. The second-order valence-electron chi connectivity index (χ2n) is 7.39. The molecule has 1 aromatic heterocycles. The summed E-state index contributed by atoms with van der Waals surface area (Å²) in [5.74, 6) is 1.41.